The van der Waals surface area contributed by atoms with E-state index in [1.807, 2.05) is 0 Å². The Kier molecular flexibility index (Phi) is 5.67. The van der Waals surface area contributed by atoms with Crippen molar-refractivity contribution in [1.29, 1.82) is 0 Å². The molecule has 0 aliphatic rings. The van der Waals surface area contributed by atoms with Crippen LogP contribution in [0.1, 0.15) is 0 Å². The van der Waals surface area contributed by atoms with Crippen LogP contribution >= 0.6 is 27.5 Å². The Balaban J connectivity index is 2.38. The van der Waals surface area contributed by atoms with E-state index in [9.17, 15) is 4.79 Å². The number of H-pyrrole nitrogens is 1. The number of rotatable bonds is 6. The van der Waals surface area contributed by atoms with E-state index < -0.39 is 0 Å². The van der Waals surface area contributed by atoms with Gasteiger partial charge in [-0.15, -0.1) is 11.6 Å². The average Bonchev–Trinajstić information content (AvgIpc) is 2.24. The van der Waals surface area contributed by atoms with Gasteiger partial charge in [-0.25, -0.2) is 4.98 Å². The minimum atomic E-state index is -0.214. The second-order valence-corrected chi connectivity index (χ2v) is 3.79. The van der Waals surface area contributed by atoms with Gasteiger partial charge in [-0.1, -0.05) is 0 Å². The first kappa shape index (κ1) is 12.5. The number of hydrogen-bond donors (Lipinski definition) is 2. The zero-order valence-corrected chi connectivity index (χ0v) is 10.3. The third kappa shape index (κ3) is 4.19. The van der Waals surface area contributed by atoms with Gasteiger partial charge in [-0.2, -0.15) is 0 Å². The summed E-state index contributed by atoms with van der Waals surface area (Å²) in [5, 5.41) is 2.97. The molecule has 0 saturated carbocycles. The van der Waals surface area contributed by atoms with Crippen LogP contribution in [0.15, 0.2) is 15.6 Å². The largest absolute Gasteiger partial charge is 0.378 e. The van der Waals surface area contributed by atoms with Crippen molar-refractivity contribution in [3.63, 3.8) is 0 Å². The highest BCUT2D eigenvalue weighted by Gasteiger charge is 2.03. The summed E-state index contributed by atoms with van der Waals surface area (Å²) in [7, 11) is 0. The molecule has 0 radical (unpaired) electrons. The Labute approximate surface area is 100 Å². The van der Waals surface area contributed by atoms with Gasteiger partial charge in [0, 0.05) is 12.4 Å². The van der Waals surface area contributed by atoms with Crippen molar-refractivity contribution in [2.75, 3.05) is 31.0 Å². The minimum absolute atomic E-state index is 0.214. The lowest BCUT2D eigenvalue weighted by Gasteiger charge is -2.06. The second kappa shape index (κ2) is 6.81. The number of anilines is 1. The zero-order valence-electron chi connectivity index (χ0n) is 7.93. The normalized spacial score (nSPS) is 10.3. The van der Waals surface area contributed by atoms with Gasteiger partial charge in [-0.05, 0) is 15.9 Å². The Bertz CT molecular complexity index is 358. The van der Waals surface area contributed by atoms with Gasteiger partial charge in [0.25, 0.3) is 5.56 Å². The van der Waals surface area contributed by atoms with Crippen LogP contribution in [0, 0.1) is 0 Å². The summed E-state index contributed by atoms with van der Waals surface area (Å²) >= 11 is 8.57. The Morgan fingerprint density at radius 1 is 1.60 bits per heavy atom. The number of nitrogens with zero attached hydrogens (tertiary/aromatic N) is 1. The van der Waals surface area contributed by atoms with Crippen LogP contribution in [0.25, 0.3) is 0 Å². The van der Waals surface area contributed by atoms with E-state index in [0.717, 1.165) is 0 Å². The number of alkyl halides is 1. The molecular formula is C8H11BrClN3O2. The molecule has 1 aromatic rings. The number of halogens is 2. The summed E-state index contributed by atoms with van der Waals surface area (Å²) in [6.07, 6.45) is 1.34. The molecule has 0 fully saturated rings. The SMILES string of the molecule is O=c1[nH]cnc(NCCOCCCl)c1Br. The predicted molar refractivity (Wildman–Crippen MR) is 62.6 cm³/mol. The molecule has 5 nitrogen and oxygen atoms in total. The summed E-state index contributed by atoms with van der Waals surface area (Å²) in [6.45, 7) is 1.62. The lowest BCUT2D eigenvalue weighted by molar-refractivity contribution is 0.160. The van der Waals surface area contributed by atoms with Crippen LogP contribution < -0.4 is 10.9 Å². The summed E-state index contributed by atoms with van der Waals surface area (Å²) in [5.41, 5.74) is -0.214. The Hall–Kier alpha value is -0.590. The highest BCUT2D eigenvalue weighted by molar-refractivity contribution is 9.10. The molecule has 15 heavy (non-hydrogen) atoms. The first-order chi connectivity index (χ1) is 7.25. The maximum absolute atomic E-state index is 11.1. The molecule has 0 unspecified atom stereocenters. The van der Waals surface area contributed by atoms with Crippen molar-refractivity contribution in [3.8, 4) is 0 Å². The summed E-state index contributed by atoms with van der Waals surface area (Å²) < 4.78 is 5.54. The third-order valence-corrected chi connectivity index (χ3v) is 2.45. The molecular weight excluding hydrogens is 285 g/mol. The van der Waals surface area contributed by atoms with Crippen molar-refractivity contribution < 1.29 is 4.74 Å². The molecule has 0 amide bonds. The number of nitrogens with one attached hydrogen (secondary N) is 2. The van der Waals surface area contributed by atoms with Gasteiger partial charge in [0.05, 0.1) is 19.5 Å². The predicted octanol–water partition coefficient (Wildman–Crippen LogP) is 1.20. The molecule has 7 heteroatoms. The number of hydrogen-bond acceptors (Lipinski definition) is 4. The molecule has 1 aromatic heterocycles. The number of ether oxygens (including phenoxy) is 1. The van der Waals surface area contributed by atoms with E-state index >= 15 is 0 Å². The van der Waals surface area contributed by atoms with Gasteiger partial charge >= 0.3 is 0 Å². The first-order valence-corrected chi connectivity index (χ1v) is 5.69. The minimum Gasteiger partial charge on any atom is -0.378 e. The fraction of sp³-hybridized carbons (Fsp3) is 0.500. The Morgan fingerprint density at radius 3 is 3.13 bits per heavy atom. The van der Waals surface area contributed by atoms with Gasteiger partial charge in [0.15, 0.2) is 0 Å². The summed E-state index contributed by atoms with van der Waals surface area (Å²) in [4.78, 5) is 17.6. The standard InChI is InChI=1S/C8H11BrClN3O2/c9-6-7(12-5-13-8(6)14)11-2-4-15-3-1-10/h5H,1-4H2,(H2,11,12,13,14). The number of aromatic amines is 1. The van der Waals surface area contributed by atoms with Crippen molar-refractivity contribution in [2.24, 2.45) is 0 Å². The second-order valence-electron chi connectivity index (χ2n) is 2.62. The monoisotopic (exact) mass is 295 g/mol. The quantitative estimate of drug-likeness (QED) is 0.611. The van der Waals surface area contributed by atoms with Crippen molar-refractivity contribution >= 4 is 33.3 Å². The first-order valence-electron chi connectivity index (χ1n) is 4.36. The highest BCUT2D eigenvalue weighted by atomic mass is 79.9. The van der Waals surface area contributed by atoms with Crippen LogP contribution in [0.5, 0.6) is 0 Å². The van der Waals surface area contributed by atoms with Gasteiger partial charge in [-0.3, -0.25) is 4.79 Å². The smallest absolute Gasteiger partial charge is 0.267 e. The fourth-order valence-corrected chi connectivity index (χ4v) is 1.37. The maximum atomic E-state index is 11.1. The maximum Gasteiger partial charge on any atom is 0.267 e. The molecule has 0 spiro atoms. The Morgan fingerprint density at radius 2 is 2.40 bits per heavy atom. The summed E-state index contributed by atoms with van der Waals surface area (Å²) in [6, 6.07) is 0. The van der Waals surface area contributed by atoms with Gasteiger partial charge < -0.3 is 15.0 Å². The molecule has 1 heterocycles. The summed E-state index contributed by atoms with van der Waals surface area (Å²) in [5.74, 6) is 0.987. The fourth-order valence-electron chi connectivity index (χ4n) is 0.904. The van der Waals surface area contributed by atoms with E-state index in [2.05, 4.69) is 31.2 Å². The molecule has 0 saturated heterocycles. The topological polar surface area (TPSA) is 67.0 Å². The van der Waals surface area contributed by atoms with Crippen LogP contribution in [0.4, 0.5) is 5.82 Å². The van der Waals surface area contributed by atoms with E-state index in [4.69, 9.17) is 16.3 Å². The van der Waals surface area contributed by atoms with E-state index in [1.54, 1.807) is 0 Å². The lowest BCUT2D eigenvalue weighted by Crippen LogP contribution is -2.15. The van der Waals surface area contributed by atoms with E-state index in [-0.39, 0.29) is 5.56 Å². The molecule has 0 aliphatic heterocycles. The van der Waals surface area contributed by atoms with Crippen LogP contribution in [0.2, 0.25) is 0 Å². The van der Waals surface area contributed by atoms with Crippen LogP contribution in [-0.2, 0) is 4.74 Å². The highest BCUT2D eigenvalue weighted by Crippen LogP contribution is 2.12. The van der Waals surface area contributed by atoms with E-state index in [0.29, 0.717) is 35.9 Å². The van der Waals surface area contributed by atoms with Crippen molar-refractivity contribution in [2.45, 2.75) is 0 Å². The van der Waals surface area contributed by atoms with Gasteiger partial charge in [0.1, 0.15) is 10.3 Å². The molecule has 0 aliphatic carbocycles. The van der Waals surface area contributed by atoms with Crippen molar-refractivity contribution in [3.05, 3.63) is 21.2 Å². The van der Waals surface area contributed by atoms with E-state index in [1.165, 1.54) is 6.33 Å². The molecule has 0 bridgehead atoms. The molecule has 0 aromatic carbocycles. The van der Waals surface area contributed by atoms with Gasteiger partial charge in [0.2, 0.25) is 0 Å². The molecule has 1 rings (SSSR count). The average molecular weight is 297 g/mol. The molecule has 2 N–H and O–H groups in total. The molecule has 84 valence electrons. The zero-order chi connectivity index (χ0) is 11.1. The third-order valence-electron chi connectivity index (χ3n) is 1.56. The van der Waals surface area contributed by atoms with Crippen molar-refractivity contribution in [1.82, 2.24) is 9.97 Å². The lowest BCUT2D eigenvalue weighted by atomic mass is 10.5. The van der Waals surface area contributed by atoms with Crippen LogP contribution in [0.3, 0.4) is 0 Å². The van der Waals surface area contributed by atoms with Crippen LogP contribution in [-0.4, -0.2) is 35.6 Å². The molecule has 0 atom stereocenters. The number of aromatic nitrogens is 2.